The lowest BCUT2D eigenvalue weighted by atomic mass is 10.3. The fraction of sp³-hybridized carbons (Fsp3) is 0.0833. The third-order valence-corrected chi connectivity index (χ3v) is 4.87. The van der Waals surface area contributed by atoms with Crippen molar-refractivity contribution in [2.45, 2.75) is 11.8 Å². The number of nitrogens with zero attached hydrogens (tertiary/aromatic N) is 1. The molecule has 0 amide bonds. The third kappa shape index (κ3) is 3.23. The van der Waals surface area contributed by atoms with Crippen molar-refractivity contribution >= 4 is 48.9 Å². The molecule has 1 aromatic carbocycles. The second kappa shape index (κ2) is 5.59. The molecule has 5 nitrogen and oxygen atoms in total. The summed E-state index contributed by atoms with van der Waals surface area (Å²) in [5.41, 5.74) is 6.89. The number of anilines is 2. The zero-order valence-corrected chi connectivity index (χ0v) is 13.6. The van der Waals surface area contributed by atoms with E-state index in [2.05, 4.69) is 25.6 Å². The van der Waals surface area contributed by atoms with E-state index < -0.39 is 10.0 Å². The fourth-order valence-corrected chi connectivity index (χ4v) is 3.22. The van der Waals surface area contributed by atoms with Crippen molar-refractivity contribution in [2.24, 2.45) is 0 Å². The Morgan fingerprint density at radius 1 is 1.35 bits per heavy atom. The lowest BCUT2D eigenvalue weighted by molar-refractivity contribution is 0.601. The first-order chi connectivity index (χ1) is 9.29. The van der Waals surface area contributed by atoms with Gasteiger partial charge in [-0.05, 0) is 36.8 Å². The van der Waals surface area contributed by atoms with Gasteiger partial charge >= 0.3 is 0 Å². The van der Waals surface area contributed by atoms with Gasteiger partial charge in [0.25, 0.3) is 10.0 Å². The molecule has 20 heavy (non-hydrogen) atoms. The average molecular weight is 377 g/mol. The van der Waals surface area contributed by atoms with Crippen LogP contribution in [0.3, 0.4) is 0 Å². The summed E-state index contributed by atoms with van der Waals surface area (Å²) in [4.78, 5) is 3.90. The molecule has 0 unspecified atom stereocenters. The standard InChI is InChI=1S/C12H11BrClN3O2S/c1-7-4-9(6-16-12(7)14)17-20(18,19)11-3-2-8(13)5-10(11)15/h2-6,17H,15H2,1H3. The van der Waals surface area contributed by atoms with Crippen molar-refractivity contribution in [2.75, 3.05) is 10.5 Å². The summed E-state index contributed by atoms with van der Waals surface area (Å²) in [6, 6.07) is 6.16. The van der Waals surface area contributed by atoms with Crippen LogP contribution in [0.1, 0.15) is 5.56 Å². The highest BCUT2D eigenvalue weighted by molar-refractivity contribution is 9.10. The average Bonchev–Trinajstić information content (AvgIpc) is 2.33. The number of aromatic nitrogens is 1. The summed E-state index contributed by atoms with van der Waals surface area (Å²) in [5, 5.41) is 0.330. The number of aryl methyl sites for hydroxylation is 1. The Kier molecular flexibility index (Phi) is 4.22. The monoisotopic (exact) mass is 375 g/mol. The molecule has 0 bridgehead atoms. The topological polar surface area (TPSA) is 85.1 Å². The molecule has 106 valence electrons. The molecule has 0 saturated carbocycles. The molecule has 2 aromatic rings. The van der Waals surface area contributed by atoms with Gasteiger partial charge in [0, 0.05) is 4.47 Å². The maximum absolute atomic E-state index is 12.3. The Morgan fingerprint density at radius 2 is 2.05 bits per heavy atom. The summed E-state index contributed by atoms with van der Waals surface area (Å²) in [7, 11) is -3.77. The predicted octanol–water partition coefficient (Wildman–Crippen LogP) is 3.19. The summed E-state index contributed by atoms with van der Waals surface area (Å²) < 4.78 is 27.7. The molecule has 0 atom stereocenters. The third-order valence-electron chi connectivity index (χ3n) is 2.53. The van der Waals surface area contributed by atoms with Gasteiger partial charge in [0.05, 0.1) is 17.6 Å². The van der Waals surface area contributed by atoms with Crippen LogP contribution in [0.25, 0.3) is 0 Å². The van der Waals surface area contributed by atoms with E-state index >= 15 is 0 Å². The van der Waals surface area contributed by atoms with Crippen LogP contribution in [0.4, 0.5) is 11.4 Å². The van der Waals surface area contributed by atoms with E-state index in [0.717, 1.165) is 0 Å². The number of pyridine rings is 1. The summed E-state index contributed by atoms with van der Waals surface area (Å²) in [6.45, 7) is 1.74. The Labute approximate surface area is 130 Å². The minimum atomic E-state index is -3.77. The maximum atomic E-state index is 12.3. The van der Waals surface area contributed by atoms with Crippen molar-refractivity contribution in [3.8, 4) is 0 Å². The van der Waals surface area contributed by atoms with Crippen molar-refractivity contribution in [3.05, 3.63) is 45.7 Å². The number of hydrogen-bond acceptors (Lipinski definition) is 4. The van der Waals surface area contributed by atoms with Crippen molar-refractivity contribution in [3.63, 3.8) is 0 Å². The Balaban J connectivity index is 2.38. The van der Waals surface area contributed by atoms with E-state index in [0.29, 0.717) is 20.9 Å². The quantitative estimate of drug-likeness (QED) is 0.636. The van der Waals surface area contributed by atoms with Crippen molar-refractivity contribution in [1.82, 2.24) is 4.98 Å². The Hall–Kier alpha value is -1.31. The molecule has 1 heterocycles. The fourth-order valence-electron chi connectivity index (χ4n) is 1.59. The van der Waals surface area contributed by atoms with Gasteiger partial charge in [-0.15, -0.1) is 0 Å². The molecule has 1 aromatic heterocycles. The first-order valence-electron chi connectivity index (χ1n) is 5.49. The normalized spacial score (nSPS) is 11.3. The molecule has 0 aliphatic carbocycles. The van der Waals surface area contributed by atoms with E-state index in [4.69, 9.17) is 17.3 Å². The minimum absolute atomic E-state index is 0.00769. The van der Waals surface area contributed by atoms with Crippen LogP contribution < -0.4 is 10.5 Å². The predicted molar refractivity (Wildman–Crippen MR) is 83.3 cm³/mol. The molecule has 0 aliphatic heterocycles. The second-order valence-corrected chi connectivity index (χ2v) is 7.04. The van der Waals surface area contributed by atoms with Crippen LogP contribution in [0.2, 0.25) is 5.15 Å². The molecular weight excluding hydrogens is 366 g/mol. The molecular formula is C12H11BrClN3O2S. The Bertz CT molecular complexity index is 765. The molecule has 0 spiro atoms. The number of nitrogen functional groups attached to an aromatic ring is 1. The highest BCUT2D eigenvalue weighted by atomic mass is 79.9. The van der Waals surface area contributed by atoms with Gasteiger partial charge in [-0.2, -0.15) is 0 Å². The number of sulfonamides is 1. The maximum Gasteiger partial charge on any atom is 0.263 e. The smallest absolute Gasteiger partial charge is 0.263 e. The number of nitrogens with one attached hydrogen (secondary N) is 1. The van der Waals surface area contributed by atoms with E-state index in [1.165, 1.54) is 18.3 Å². The van der Waals surface area contributed by atoms with Gasteiger partial charge in [-0.25, -0.2) is 13.4 Å². The first-order valence-corrected chi connectivity index (χ1v) is 8.15. The SMILES string of the molecule is Cc1cc(NS(=O)(=O)c2ccc(Br)cc2N)cnc1Cl. The van der Waals surface area contributed by atoms with Crippen LogP contribution in [0, 0.1) is 6.92 Å². The zero-order chi connectivity index (χ0) is 14.9. The molecule has 2 rings (SSSR count). The first kappa shape index (κ1) is 15.1. The molecule has 0 saturated heterocycles. The summed E-state index contributed by atoms with van der Waals surface area (Å²) >= 11 is 9.03. The number of hydrogen-bond donors (Lipinski definition) is 2. The van der Waals surface area contributed by atoms with E-state index in [9.17, 15) is 8.42 Å². The minimum Gasteiger partial charge on any atom is -0.398 e. The molecule has 0 radical (unpaired) electrons. The van der Waals surface area contributed by atoms with Crippen LogP contribution >= 0.6 is 27.5 Å². The second-order valence-electron chi connectivity index (χ2n) is 4.12. The number of nitrogens with two attached hydrogens (primary N) is 1. The van der Waals surface area contributed by atoms with E-state index in [1.807, 2.05) is 0 Å². The van der Waals surface area contributed by atoms with Gasteiger partial charge in [0.1, 0.15) is 10.0 Å². The van der Waals surface area contributed by atoms with Gasteiger partial charge < -0.3 is 5.73 Å². The van der Waals surface area contributed by atoms with Gasteiger partial charge in [0.2, 0.25) is 0 Å². The van der Waals surface area contributed by atoms with Gasteiger partial charge in [-0.3, -0.25) is 4.72 Å². The lowest BCUT2D eigenvalue weighted by Crippen LogP contribution is -2.15. The van der Waals surface area contributed by atoms with Gasteiger partial charge in [0.15, 0.2) is 0 Å². The highest BCUT2D eigenvalue weighted by Gasteiger charge is 2.18. The molecule has 8 heteroatoms. The number of benzene rings is 1. The number of rotatable bonds is 3. The van der Waals surface area contributed by atoms with Crippen molar-refractivity contribution in [1.29, 1.82) is 0 Å². The Morgan fingerprint density at radius 3 is 2.65 bits per heavy atom. The zero-order valence-electron chi connectivity index (χ0n) is 10.4. The largest absolute Gasteiger partial charge is 0.398 e. The highest BCUT2D eigenvalue weighted by Crippen LogP contribution is 2.25. The number of halogens is 2. The molecule has 3 N–H and O–H groups in total. The molecule has 0 aliphatic rings. The van der Waals surface area contributed by atoms with Crippen molar-refractivity contribution < 1.29 is 8.42 Å². The van der Waals surface area contributed by atoms with Crippen LogP contribution in [0.15, 0.2) is 39.8 Å². The molecule has 0 fully saturated rings. The summed E-state index contributed by atoms with van der Waals surface area (Å²) in [5.74, 6) is 0. The van der Waals surface area contributed by atoms with E-state index in [-0.39, 0.29) is 10.6 Å². The van der Waals surface area contributed by atoms with E-state index in [1.54, 1.807) is 19.1 Å². The summed E-state index contributed by atoms with van der Waals surface area (Å²) in [6.07, 6.45) is 1.35. The van der Waals surface area contributed by atoms with Crippen LogP contribution in [-0.4, -0.2) is 13.4 Å². The van der Waals surface area contributed by atoms with Gasteiger partial charge in [-0.1, -0.05) is 27.5 Å². The lowest BCUT2D eigenvalue weighted by Gasteiger charge is -2.11. The van der Waals surface area contributed by atoms with Crippen LogP contribution in [0.5, 0.6) is 0 Å². The van der Waals surface area contributed by atoms with Crippen LogP contribution in [-0.2, 0) is 10.0 Å².